The van der Waals surface area contributed by atoms with Gasteiger partial charge in [0.05, 0.1) is 12.7 Å². The van der Waals surface area contributed by atoms with E-state index >= 15 is 0 Å². The molecule has 0 aliphatic carbocycles. The van der Waals surface area contributed by atoms with E-state index in [1.807, 2.05) is 7.05 Å². The number of nitrogens with two attached hydrogens (primary N) is 1. The van der Waals surface area contributed by atoms with Gasteiger partial charge in [0.15, 0.2) is 0 Å². The van der Waals surface area contributed by atoms with E-state index < -0.39 is 0 Å². The van der Waals surface area contributed by atoms with Gasteiger partial charge in [-0.3, -0.25) is 4.90 Å². The topological polar surface area (TPSA) is 58.7 Å². The molecule has 96 valence electrons. The van der Waals surface area contributed by atoms with Gasteiger partial charge in [-0.05, 0) is 26.3 Å². The van der Waals surface area contributed by atoms with Gasteiger partial charge in [-0.1, -0.05) is 13.8 Å². The van der Waals surface area contributed by atoms with E-state index in [1.54, 1.807) is 0 Å². The lowest BCUT2D eigenvalue weighted by Gasteiger charge is -2.38. The van der Waals surface area contributed by atoms with Crippen LogP contribution in [0.2, 0.25) is 0 Å². The number of nitrogens with zero attached hydrogens (tertiary/aromatic N) is 1. The number of aliphatic hydroxyl groups is 1. The second-order valence-corrected chi connectivity index (χ2v) is 5.17. The van der Waals surface area contributed by atoms with Gasteiger partial charge in [0.25, 0.3) is 0 Å². The van der Waals surface area contributed by atoms with Crippen molar-refractivity contribution in [3.63, 3.8) is 0 Å². The Bertz CT molecular complexity index is 211. The Morgan fingerprint density at radius 2 is 2.12 bits per heavy atom. The average Bonchev–Trinajstić information content (AvgIpc) is 2.64. The number of hydrogen-bond acceptors (Lipinski definition) is 4. The van der Waals surface area contributed by atoms with Crippen LogP contribution in [0.1, 0.15) is 27.2 Å². The predicted octanol–water partition coefficient (Wildman–Crippen LogP) is 0.440. The maximum atomic E-state index is 9.50. The molecule has 4 unspecified atom stereocenters. The summed E-state index contributed by atoms with van der Waals surface area (Å²) < 4.78 is 5.56. The van der Waals surface area contributed by atoms with E-state index in [4.69, 9.17) is 10.5 Å². The molecule has 0 saturated carbocycles. The molecule has 3 N–H and O–H groups in total. The molecule has 1 rings (SSSR count). The van der Waals surface area contributed by atoms with Crippen molar-refractivity contribution in [1.82, 2.24) is 4.90 Å². The summed E-state index contributed by atoms with van der Waals surface area (Å²) in [7, 11) is 2.04. The highest BCUT2D eigenvalue weighted by Gasteiger charge is 2.34. The van der Waals surface area contributed by atoms with E-state index in [0.717, 1.165) is 13.0 Å². The molecule has 0 aromatic rings. The number of likely N-dealkylation sites (N-methyl/N-ethyl adjacent to an activating group) is 1. The second kappa shape index (κ2) is 5.96. The van der Waals surface area contributed by atoms with Crippen LogP contribution in [0, 0.1) is 5.92 Å². The van der Waals surface area contributed by atoms with Gasteiger partial charge in [-0.25, -0.2) is 0 Å². The highest BCUT2D eigenvalue weighted by Crippen LogP contribution is 2.22. The monoisotopic (exact) mass is 230 g/mol. The zero-order valence-electron chi connectivity index (χ0n) is 10.9. The maximum Gasteiger partial charge on any atom is 0.0703 e. The maximum absolute atomic E-state index is 9.50. The minimum absolute atomic E-state index is 0.00259. The van der Waals surface area contributed by atoms with Crippen molar-refractivity contribution >= 4 is 0 Å². The summed E-state index contributed by atoms with van der Waals surface area (Å²) in [6, 6.07) is 0.402. The first-order valence-electron chi connectivity index (χ1n) is 6.19. The summed E-state index contributed by atoms with van der Waals surface area (Å²) in [6.45, 7) is 7.19. The van der Waals surface area contributed by atoms with Crippen LogP contribution in [0.25, 0.3) is 0 Å². The number of rotatable bonds is 5. The fraction of sp³-hybridized carbons (Fsp3) is 1.00. The van der Waals surface area contributed by atoms with Crippen molar-refractivity contribution in [3.8, 4) is 0 Å². The van der Waals surface area contributed by atoms with Gasteiger partial charge >= 0.3 is 0 Å². The minimum Gasteiger partial charge on any atom is -0.395 e. The lowest BCUT2D eigenvalue weighted by molar-refractivity contribution is 0.0370. The molecule has 4 nitrogen and oxygen atoms in total. The van der Waals surface area contributed by atoms with Gasteiger partial charge in [-0.2, -0.15) is 0 Å². The molecule has 0 radical (unpaired) electrons. The summed E-state index contributed by atoms with van der Waals surface area (Å²) in [4.78, 5) is 2.20. The van der Waals surface area contributed by atoms with Gasteiger partial charge in [0.1, 0.15) is 0 Å². The predicted molar refractivity (Wildman–Crippen MR) is 65.3 cm³/mol. The lowest BCUT2D eigenvalue weighted by Crippen LogP contribution is -2.55. The van der Waals surface area contributed by atoms with Crippen molar-refractivity contribution in [2.45, 2.75) is 51.4 Å². The van der Waals surface area contributed by atoms with Crippen LogP contribution in [-0.2, 0) is 4.74 Å². The molecule has 1 fully saturated rings. The Morgan fingerprint density at radius 3 is 2.50 bits per heavy atom. The molecule has 4 atom stereocenters. The molecule has 1 aliphatic heterocycles. The lowest BCUT2D eigenvalue weighted by atomic mass is 9.95. The third kappa shape index (κ3) is 2.94. The Labute approximate surface area is 98.8 Å². The molecule has 0 bridgehead atoms. The van der Waals surface area contributed by atoms with Crippen LogP contribution in [0.5, 0.6) is 0 Å². The second-order valence-electron chi connectivity index (χ2n) is 5.17. The number of aliphatic hydroxyl groups excluding tert-OH is 1. The van der Waals surface area contributed by atoms with E-state index in [2.05, 4.69) is 25.7 Å². The van der Waals surface area contributed by atoms with Crippen molar-refractivity contribution in [3.05, 3.63) is 0 Å². The molecular formula is C12H26N2O2. The minimum atomic E-state index is 0.00259. The Hall–Kier alpha value is -0.160. The highest BCUT2D eigenvalue weighted by atomic mass is 16.5. The third-order valence-corrected chi connectivity index (χ3v) is 3.78. The van der Waals surface area contributed by atoms with E-state index in [9.17, 15) is 5.11 Å². The molecule has 1 saturated heterocycles. The largest absolute Gasteiger partial charge is 0.395 e. The van der Waals surface area contributed by atoms with Crippen LogP contribution in [0.15, 0.2) is 0 Å². The smallest absolute Gasteiger partial charge is 0.0703 e. The Morgan fingerprint density at radius 1 is 1.50 bits per heavy atom. The fourth-order valence-corrected chi connectivity index (χ4v) is 2.47. The number of ether oxygens (including phenoxy) is 1. The molecule has 0 aromatic carbocycles. The molecule has 0 spiro atoms. The van der Waals surface area contributed by atoms with Crippen LogP contribution >= 0.6 is 0 Å². The van der Waals surface area contributed by atoms with Crippen molar-refractivity contribution < 1.29 is 9.84 Å². The Balaban J connectivity index is 2.64. The quantitative estimate of drug-likeness (QED) is 0.719. The number of hydrogen-bond donors (Lipinski definition) is 2. The summed E-state index contributed by atoms with van der Waals surface area (Å²) >= 11 is 0. The van der Waals surface area contributed by atoms with Gasteiger partial charge < -0.3 is 15.6 Å². The van der Waals surface area contributed by atoms with Crippen LogP contribution in [0.4, 0.5) is 0 Å². The van der Waals surface area contributed by atoms with Gasteiger partial charge in [0.2, 0.25) is 0 Å². The summed E-state index contributed by atoms with van der Waals surface area (Å²) in [5.41, 5.74) is 6.14. The normalized spacial score (nSPS) is 30.0. The SMILES string of the molecule is CC(C)C(N)C(CO)N(C)C1CCOC1C. The van der Waals surface area contributed by atoms with Gasteiger partial charge in [-0.15, -0.1) is 0 Å². The molecule has 1 aliphatic rings. The Kier molecular flexibility index (Phi) is 5.18. The molecular weight excluding hydrogens is 204 g/mol. The standard InChI is InChI=1S/C12H26N2O2/c1-8(2)12(13)11(7-15)14(4)10-5-6-16-9(10)3/h8-12,15H,5-7,13H2,1-4H3. The zero-order valence-corrected chi connectivity index (χ0v) is 10.9. The van der Waals surface area contributed by atoms with E-state index in [1.165, 1.54) is 0 Å². The summed E-state index contributed by atoms with van der Waals surface area (Å²) in [6.07, 6.45) is 1.26. The third-order valence-electron chi connectivity index (χ3n) is 3.78. The first kappa shape index (κ1) is 13.9. The first-order valence-corrected chi connectivity index (χ1v) is 6.19. The van der Waals surface area contributed by atoms with Crippen LogP contribution in [-0.4, -0.2) is 54.5 Å². The summed E-state index contributed by atoms with van der Waals surface area (Å²) in [5.74, 6) is 0.372. The molecule has 0 amide bonds. The zero-order chi connectivity index (χ0) is 12.3. The van der Waals surface area contributed by atoms with Crippen molar-refractivity contribution in [1.29, 1.82) is 0 Å². The van der Waals surface area contributed by atoms with Crippen LogP contribution < -0.4 is 5.73 Å². The average molecular weight is 230 g/mol. The molecule has 0 aromatic heterocycles. The van der Waals surface area contributed by atoms with Crippen LogP contribution in [0.3, 0.4) is 0 Å². The first-order chi connectivity index (χ1) is 7.49. The van der Waals surface area contributed by atoms with E-state index in [0.29, 0.717) is 12.0 Å². The molecule has 1 heterocycles. The molecule has 4 heteroatoms. The van der Waals surface area contributed by atoms with Crippen molar-refractivity contribution in [2.75, 3.05) is 20.3 Å². The highest BCUT2D eigenvalue weighted by molar-refractivity contribution is 4.89. The molecule has 16 heavy (non-hydrogen) atoms. The fourth-order valence-electron chi connectivity index (χ4n) is 2.47. The van der Waals surface area contributed by atoms with Crippen molar-refractivity contribution in [2.24, 2.45) is 11.7 Å². The van der Waals surface area contributed by atoms with E-state index in [-0.39, 0.29) is 24.8 Å². The van der Waals surface area contributed by atoms with Gasteiger partial charge in [0, 0.05) is 24.7 Å². The summed E-state index contributed by atoms with van der Waals surface area (Å²) in [5, 5.41) is 9.50.